The van der Waals surface area contributed by atoms with Crippen LogP contribution in [0.2, 0.25) is 0 Å². The topological polar surface area (TPSA) is 55.9 Å². The van der Waals surface area contributed by atoms with Gasteiger partial charge in [0.25, 0.3) is 0 Å². The summed E-state index contributed by atoms with van der Waals surface area (Å²) in [5, 5.41) is 7.43. The number of rotatable bonds is 1. The third kappa shape index (κ3) is 1.68. The van der Waals surface area contributed by atoms with Gasteiger partial charge in [-0.25, -0.2) is 9.07 Å². The van der Waals surface area contributed by atoms with Crippen molar-refractivity contribution in [3.05, 3.63) is 36.3 Å². The Kier molecular flexibility index (Phi) is 2.33. The van der Waals surface area contributed by atoms with Crippen molar-refractivity contribution in [1.82, 2.24) is 9.78 Å². The molecule has 0 aliphatic carbocycles. The Hall–Kier alpha value is -1.88. The largest absolute Gasteiger partial charge is 0.368 e. The molecule has 2 heterocycles. The summed E-state index contributed by atoms with van der Waals surface area (Å²) in [5.41, 5.74) is 7.18. The average molecular weight is 232 g/mol. The van der Waals surface area contributed by atoms with Crippen LogP contribution in [-0.2, 0) is 6.54 Å². The van der Waals surface area contributed by atoms with Gasteiger partial charge >= 0.3 is 0 Å². The number of benzene rings is 1. The highest BCUT2D eigenvalue weighted by Crippen LogP contribution is 2.31. The van der Waals surface area contributed by atoms with Crippen molar-refractivity contribution < 1.29 is 4.39 Å². The van der Waals surface area contributed by atoms with Gasteiger partial charge in [0.1, 0.15) is 11.6 Å². The molecule has 0 saturated heterocycles. The average Bonchev–Trinajstić information content (AvgIpc) is 2.72. The van der Waals surface area contributed by atoms with Gasteiger partial charge in [0.2, 0.25) is 0 Å². The van der Waals surface area contributed by atoms with Gasteiger partial charge < -0.3 is 11.1 Å². The molecule has 5 heteroatoms. The first-order chi connectivity index (χ1) is 8.25. The number of aromatic nitrogens is 2. The zero-order valence-corrected chi connectivity index (χ0v) is 9.23. The summed E-state index contributed by atoms with van der Waals surface area (Å²) >= 11 is 0. The molecule has 0 bridgehead atoms. The first-order valence-corrected chi connectivity index (χ1v) is 5.56. The van der Waals surface area contributed by atoms with Gasteiger partial charge in [-0.2, -0.15) is 5.10 Å². The number of halogens is 1. The summed E-state index contributed by atoms with van der Waals surface area (Å²) in [6, 6.07) is 6.75. The number of anilines is 1. The van der Waals surface area contributed by atoms with E-state index in [1.807, 2.05) is 6.07 Å². The lowest BCUT2D eigenvalue weighted by Gasteiger charge is -2.22. The van der Waals surface area contributed by atoms with Gasteiger partial charge in [-0.1, -0.05) is 18.2 Å². The number of nitrogens with two attached hydrogens (primary N) is 1. The maximum absolute atomic E-state index is 13.7. The van der Waals surface area contributed by atoms with Crippen LogP contribution in [0.1, 0.15) is 0 Å². The molecule has 4 nitrogen and oxygen atoms in total. The number of nitrogens with one attached hydrogen (secondary N) is 1. The van der Waals surface area contributed by atoms with Crippen LogP contribution in [0, 0.1) is 5.82 Å². The second kappa shape index (κ2) is 3.85. The second-order valence-electron chi connectivity index (χ2n) is 4.21. The molecule has 1 aromatic heterocycles. The summed E-state index contributed by atoms with van der Waals surface area (Å²) in [5.74, 6) is 0.608. The predicted octanol–water partition coefficient (Wildman–Crippen LogP) is 1.44. The van der Waals surface area contributed by atoms with Gasteiger partial charge in [0.15, 0.2) is 0 Å². The number of hydrogen-bond donors (Lipinski definition) is 2. The molecule has 88 valence electrons. The molecule has 0 spiro atoms. The van der Waals surface area contributed by atoms with Gasteiger partial charge in [-0.05, 0) is 6.07 Å². The molecular weight excluding hydrogens is 219 g/mol. The van der Waals surface area contributed by atoms with E-state index in [2.05, 4.69) is 10.4 Å². The van der Waals surface area contributed by atoms with Crippen molar-refractivity contribution in [1.29, 1.82) is 0 Å². The third-order valence-electron chi connectivity index (χ3n) is 2.94. The molecule has 17 heavy (non-hydrogen) atoms. The van der Waals surface area contributed by atoms with Crippen LogP contribution in [0.15, 0.2) is 30.5 Å². The molecule has 1 aliphatic heterocycles. The minimum Gasteiger partial charge on any atom is -0.368 e. The minimum absolute atomic E-state index is 0.0517. The van der Waals surface area contributed by atoms with Crippen molar-refractivity contribution >= 4 is 5.82 Å². The minimum atomic E-state index is -0.236. The van der Waals surface area contributed by atoms with E-state index in [1.165, 1.54) is 6.07 Å². The first kappa shape index (κ1) is 10.3. The molecule has 0 saturated carbocycles. The monoisotopic (exact) mass is 232 g/mol. The molecule has 0 amide bonds. The summed E-state index contributed by atoms with van der Waals surface area (Å²) < 4.78 is 15.5. The van der Waals surface area contributed by atoms with E-state index in [0.717, 1.165) is 11.4 Å². The van der Waals surface area contributed by atoms with E-state index in [0.29, 0.717) is 18.7 Å². The highest BCUT2D eigenvalue weighted by Gasteiger charge is 2.20. The third-order valence-corrected chi connectivity index (χ3v) is 2.94. The van der Waals surface area contributed by atoms with E-state index in [-0.39, 0.29) is 11.9 Å². The van der Waals surface area contributed by atoms with Crippen molar-refractivity contribution in [3.63, 3.8) is 0 Å². The standard InChI is InChI=1S/C12H13FN4/c13-11-4-2-1-3-9(11)10-6-16-17-7-8(14)5-15-12(10)17/h1-4,6,8,15H,5,7,14H2. The molecular formula is C12H13FN4. The Morgan fingerprint density at radius 1 is 1.35 bits per heavy atom. The van der Waals surface area contributed by atoms with E-state index in [1.54, 1.807) is 23.0 Å². The summed E-state index contributed by atoms with van der Waals surface area (Å²) in [6.07, 6.45) is 1.68. The van der Waals surface area contributed by atoms with Crippen molar-refractivity contribution in [2.24, 2.45) is 5.73 Å². The van der Waals surface area contributed by atoms with Crippen molar-refractivity contribution in [3.8, 4) is 11.1 Å². The van der Waals surface area contributed by atoms with Gasteiger partial charge in [0, 0.05) is 23.7 Å². The smallest absolute Gasteiger partial charge is 0.132 e. The van der Waals surface area contributed by atoms with E-state index in [9.17, 15) is 4.39 Å². The Morgan fingerprint density at radius 2 is 2.18 bits per heavy atom. The molecule has 0 fully saturated rings. The number of nitrogens with zero attached hydrogens (tertiary/aromatic N) is 2. The van der Waals surface area contributed by atoms with Crippen LogP contribution in [-0.4, -0.2) is 22.4 Å². The normalized spacial score (nSPS) is 18.6. The van der Waals surface area contributed by atoms with Crippen LogP contribution in [0.5, 0.6) is 0 Å². The van der Waals surface area contributed by atoms with Gasteiger partial charge in [-0.15, -0.1) is 0 Å². The molecule has 1 unspecified atom stereocenters. The lowest BCUT2D eigenvalue weighted by Crippen LogP contribution is -2.38. The fourth-order valence-electron chi connectivity index (χ4n) is 2.10. The van der Waals surface area contributed by atoms with Gasteiger partial charge in [0.05, 0.1) is 12.7 Å². The highest BCUT2D eigenvalue weighted by molar-refractivity contribution is 5.75. The van der Waals surface area contributed by atoms with E-state index >= 15 is 0 Å². The van der Waals surface area contributed by atoms with Gasteiger partial charge in [-0.3, -0.25) is 0 Å². The summed E-state index contributed by atoms with van der Waals surface area (Å²) in [4.78, 5) is 0. The molecule has 1 aromatic carbocycles. The SMILES string of the molecule is NC1CNc2c(-c3ccccc3F)cnn2C1. The zero-order valence-electron chi connectivity index (χ0n) is 9.23. The molecule has 3 N–H and O–H groups in total. The number of fused-ring (bicyclic) bond motifs is 1. The Bertz CT molecular complexity index is 549. The molecule has 1 atom stereocenters. The Labute approximate surface area is 98.2 Å². The van der Waals surface area contributed by atoms with E-state index < -0.39 is 0 Å². The highest BCUT2D eigenvalue weighted by atomic mass is 19.1. The van der Waals surface area contributed by atoms with Crippen molar-refractivity contribution in [2.75, 3.05) is 11.9 Å². The summed E-state index contributed by atoms with van der Waals surface area (Å²) in [7, 11) is 0. The van der Waals surface area contributed by atoms with E-state index in [4.69, 9.17) is 5.73 Å². The number of hydrogen-bond acceptors (Lipinski definition) is 3. The Balaban J connectivity index is 2.09. The predicted molar refractivity (Wildman–Crippen MR) is 64.1 cm³/mol. The lowest BCUT2D eigenvalue weighted by atomic mass is 10.1. The molecule has 1 aliphatic rings. The maximum Gasteiger partial charge on any atom is 0.132 e. The zero-order chi connectivity index (χ0) is 11.8. The molecule has 3 rings (SSSR count). The van der Waals surface area contributed by atoms with Crippen LogP contribution < -0.4 is 11.1 Å². The summed E-state index contributed by atoms with van der Waals surface area (Å²) in [6.45, 7) is 1.35. The van der Waals surface area contributed by atoms with Crippen LogP contribution >= 0.6 is 0 Å². The van der Waals surface area contributed by atoms with Crippen LogP contribution in [0.4, 0.5) is 10.2 Å². The van der Waals surface area contributed by atoms with Crippen molar-refractivity contribution in [2.45, 2.75) is 12.6 Å². The van der Waals surface area contributed by atoms with Crippen LogP contribution in [0.3, 0.4) is 0 Å². The second-order valence-corrected chi connectivity index (χ2v) is 4.21. The molecule has 2 aromatic rings. The lowest BCUT2D eigenvalue weighted by molar-refractivity contribution is 0.502. The Morgan fingerprint density at radius 3 is 3.00 bits per heavy atom. The fourth-order valence-corrected chi connectivity index (χ4v) is 2.10. The fraction of sp³-hybridized carbons (Fsp3) is 0.250. The first-order valence-electron chi connectivity index (χ1n) is 5.56. The maximum atomic E-state index is 13.7. The quantitative estimate of drug-likeness (QED) is 0.782. The molecule has 0 radical (unpaired) electrons. The van der Waals surface area contributed by atoms with Crippen LogP contribution in [0.25, 0.3) is 11.1 Å².